The van der Waals surface area contributed by atoms with Gasteiger partial charge in [0.25, 0.3) is 5.91 Å². The first-order valence-corrected chi connectivity index (χ1v) is 9.04. The number of carbonyl (C=O) groups is 2. The number of amides is 2. The second-order valence-electron chi connectivity index (χ2n) is 7.95. The fourth-order valence-electron chi connectivity index (χ4n) is 2.80. The molecule has 0 aliphatic heterocycles. The second kappa shape index (κ2) is 8.80. The smallest absolute Gasteiger partial charge is 0.251 e. The maximum Gasteiger partial charge on any atom is 0.251 e. The number of rotatable bonds is 6. The summed E-state index contributed by atoms with van der Waals surface area (Å²) in [7, 11) is 0. The van der Waals surface area contributed by atoms with E-state index in [4.69, 9.17) is 0 Å². The summed E-state index contributed by atoms with van der Waals surface area (Å²) in [6, 6.07) is 13.2. The highest BCUT2D eigenvalue weighted by Crippen LogP contribution is 2.29. The Hall–Kier alpha value is -2.69. The molecule has 1 atom stereocenters. The van der Waals surface area contributed by atoms with Crippen LogP contribution in [0.25, 0.3) is 0 Å². The molecule has 0 saturated carbocycles. The third kappa shape index (κ3) is 6.85. The van der Waals surface area contributed by atoms with Gasteiger partial charge in [0.05, 0.1) is 6.04 Å². The number of benzene rings is 2. The number of nitrogens with one attached hydrogen (secondary N) is 2. The van der Waals surface area contributed by atoms with Crippen LogP contribution in [0.1, 0.15) is 61.6 Å². The molecule has 0 unspecified atom stereocenters. The van der Waals surface area contributed by atoms with E-state index in [9.17, 15) is 14.0 Å². The average Bonchev–Trinajstić information content (AvgIpc) is 2.59. The largest absolute Gasteiger partial charge is 0.352 e. The molecule has 2 aromatic carbocycles. The quantitative estimate of drug-likeness (QED) is 0.793. The van der Waals surface area contributed by atoms with E-state index in [0.717, 1.165) is 17.5 Å². The van der Waals surface area contributed by atoms with Crippen LogP contribution in [0, 0.1) is 11.2 Å². The van der Waals surface area contributed by atoms with Gasteiger partial charge < -0.3 is 10.6 Å². The highest BCUT2D eigenvalue weighted by molar-refractivity contribution is 5.94. The molecule has 0 heterocycles. The first-order chi connectivity index (χ1) is 12.6. The predicted octanol–water partition coefficient (Wildman–Crippen LogP) is 4.37. The maximum atomic E-state index is 13.3. The fraction of sp³-hybridized carbons (Fsp3) is 0.364. The van der Waals surface area contributed by atoms with Crippen molar-refractivity contribution in [2.24, 2.45) is 5.41 Å². The molecule has 2 aromatic rings. The Morgan fingerprint density at radius 3 is 2.11 bits per heavy atom. The first kappa shape index (κ1) is 20.6. The molecule has 0 radical (unpaired) electrons. The molecule has 0 aromatic heterocycles. The Kier molecular flexibility index (Phi) is 6.72. The molecule has 2 rings (SSSR count). The molecule has 0 aliphatic rings. The summed E-state index contributed by atoms with van der Waals surface area (Å²) < 4.78 is 13.3. The maximum absolute atomic E-state index is 13.3. The normalized spacial score (nSPS) is 12.3. The van der Waals surface area contributed by atoms with Crippen LogP contribution >= 0.6 is 0 Å². The molecule has 27 heavy (non-hydrogen) atoms. The van der Waals surface area contributed by atoms with Crippen LogP contribution in [0.4, 0.5) is 4.39 Å². The van der Waals surface area contributed by atoms with Crippen molar-refractivity contribution in [3.63, 3.8) is 0 Å². The fourth-order valence-corrected chi connectivity index (χ4v) is 2.80. The molecular formula is C22H27FN2O2. The number of carbonyl (C=O) groups excluding carboxylic acids is 2. The average molecular weight is 370 g/mol. The van der Waals surface area contributed by atoms with Crippen LogP contribution in [0.15, 0.2) is 48.5 Å². The Morgan fingerprint density at radius 1 is 1.00 bits per heavy atom. The Bertz CT molecular complexity index is 777. The Morgan fingerprint density at radius 2 is 1.59 bits per heavy atom. The molecule has 0 saturated heterocycles. The second-order valence-corrected chi connectivity index (χ2v) is 7.95. The molecule has 144 valence electrons. The summed E-state index contributed by atoms with van der Waals surface area (Å²) in [6.07, 6.45) is 0.727. The van der Waals surface area contributed by atoms with Gasteiger partial charge in [-0.2, -0.15) is 0 Å². The lowest BCUT2D eigenvalue weighted by molar-refractivity contribution is -0.119. The Labute approximate surface area is 160 Å². The lowest BCUT2D eigenvalue weighted by Crippen LogP contribution is -2.31. The van der Waals surface area contributed by atoms with E-state index in [2.05, 4.69) is 31.4 Å². The molecule has 2 N–H and O–H groups in total. The van der Waals surface area contributed by atoms with Crippen LogP contribution in [0.3, 0.4) is 0 Å². The van der Waals surface area contributed by atoms with Gasteiger partial charge in [0.2, 0.25) is 5.91 Å². The van der Waals surface area contributed by atoms with Crippen molar-refractivity contribution >= 4 is 11.8 Å². The Balaban J connectivity index is 2.12. The van der Waals surface area contributed by atoms with Gasteiger partial charge in [-0.05, 0) is 47.2 Å². The van der Waals surface area contributed by atoms with Gasteiger partial charge in [0.1, 0.15) is 5.82 Å². The molecule has 0 spiro atoms. The molecule has 2 amide bonds. The van der Waals surface area contributed by atoms with Crippen molar-refractivity contribution in [2.75, 3.05) is 0 Å². The molecular weight excluding hydrogens is 343 g/mol. The lowest BCUT2D eigenvalue weighted by atomic mass is 9.85. The summed E-state index contributed by atoms with van der Waals surface area (Å²) >= 11 is 0. The molecule has 0 bridgehead atoms. The monoisotopic (exact) mass is 370 g/mol. The van der Waals surface area contributed by atoms with E-state index in [1.54, 1.807) is 24.3 Å². The van der Waals surface area contributed by atoms with Crippen molar-refractivity contribution in [3.8, 4) is 0 Å². The van der Waals surface area contributed by atoms with Crippen LogP contribution in [-0.2, 0) is 11.3 Å². The SMILES string of the molecule is CC(=O)NCc1ccc(C(=O)N[C@H](CC(C)(C)C)c2ccc(F)cc2)cc1. The highest BCUT2D eigenvalue weighted by Gasteiger charge is 2.22. The summed E-state index contributed by atoms with van der Waals surface area (Å²) in [5, 5.41) is 5.79. The van der Waals surface area contributed by atoms with E-state index >= 15 is 0 Å². The van der Waals surface area contributed by atoms with E-state index in [1.807, 2.05) is 12.1 Å². The standard InChI is InChI=1S/C22H27FN2O2/c1-15(26)24-14-16-5-7-18(8-6-16)21(27)25-20(13-22(2,3)4)17-9-11-19(23)12-10-17/h5-12,20H,13-14H2,1-4H3,(H,24,26)(H,25,27)/t20-/m1/s1. The molecule has 0 fully saturated rings. The van der Waals surface area contributed by atoms with E-state index in [0.29, 0.717) is 12.1 Å². The summed E-state index contributed by atoms with van der Waals surface area (Å²) in [5.74, 6) is -0.574. The summed E-state index contributed by atoms with van der Waals surface area (Å²) in [5.41, 5.74) is 2.34. The van der Waals surface area contributed by atoms with Gasteiger partial charge in [-0.25, -0.2) is 4.39 Å². The minimum Gasteiger partial charge on any atom is -0.352 e. The summed E-state index contributed by atoms with van der Waals surface area (Å²) in [4.78, 5) is 23.7. The van der Waals surface area contributed by atoms with Crippen molar-refractivity contribution in [3.05, 3.63) is 71.0 Å². The zero-order valence-corrected chi connectivity index (χ0v) is 16.3. The summed E-state index contributed by atoms with van der Waals surface area (Å²) in [6.45, 7) is 8.21. The molecule has 0 aliphatic carbocycles. The number of hydrogen-bond donors (Lipinski definition) is 2. The first-order valence-electron chi connectivity index (χ1n) is 9.04. The van der Waals surface area contributed by atoms with Crippen molar-refractivity contribution < 1.29 is 14.0 Å². The van der Waals surface area contributed by atoms with Gasteiger partial charge in [0.15, 0.2) is 0 Å². The minimum atomic E-state index is -0.297. The van der Waals surface area contributed by atoms with Gasteiger partial charge in [-0.15, -0.1) is 0 Å². The number of halogens is 1. The zero-order valence-electron chi connectivity index (χ0n) is 16.3. The van der Waals surface area contributed by atoms with E-state index < -0.39 is 0 Å². The van der Waals surface area contributed by atoms with Crippen molar-refractivity contribution in [1.29, 1.82) is 0 Å². The lowest BCUT2D eigenvalue weighted by Gasteiger charge is -2.27. The van der Waals surface area contributed by atoms with Gasteiger partial charge in [0, 0.05) is 19.0 Å². The minimum absolute atomic E-state index is 0.00541. The molecule has 5 heteroatoms. The van der Waals surface area contributed by atoms with Gasteiger partial charge >= 0.3 is 0 Å². The third-order valence-corrected chi connectivity index (χ3v) is 4.15. The van der Waals surface area contributed by atoms with Crippen LogP contribution in [-0.4, -0.2) is 11.8 Å². The molecule has 4 nitrogen and oxygen atoms in total. The van der Waals surface area contributed by atoms with Gasteiger partial charge in [-0.1, -0.05) is 45.0 Å². The zero-order chi connectivity index (χ0) is 20.0. The van der Waals surface area contributed by atoms with Crippen LogP contribution < -0.4 is 10.6 Å². The van der Waals surface area contributed by atoms with Gasteiger partial charge in [-0.3, -0.25) is 9.59 Å². The van der Waals surface area contributed by atoms with Crippen LogP contribution in [0.5, 0.6) is 0 Å². The van der Waals surface area contributed by atoms with E-state index in [-0.39, 0.29) is 29.1 Å². The van der Waals surface area contributed by atoms with E-state index in [1.165, 1.54) is 19.1 Å². The predicted molar refractivity (Wildman–Crippen MR) is 105 cm³/mol. The van der Waals surface area contributed by atoms with Crippen molar-refractivity contribution in [1.82, 2.24) is 10.6 Å². The third-order valence-electron chi connectivity index (χ3n) is 4.15. The van der Waals surface area contributed by atoms with Crippen molar-refractivity contribution in [2.45, 2.75) is 46.7 Å². The highest BCUT2D eigenvalue weighted by atomic mass is 19.1. The number of hydrogen-bond acceptors (Lipinski definition) is 2. The van der Waals surface area contributed by atoms with Crippen LogP contribution in [0.2, 0.25) is 0 Å². The topological polar surface area (TPSA) is 58.2 Å².